The number of carbonyl (C=O) groups excluding carboxylic acids is 1. The van der Waals surface area contributed by atoms with Crippen LogP contribution in [0.25, 0.3) is 0 Å². The maximum atomic E-state index is 10.8. The minimum atomic E-state index is -0.427. The van der Waals surface area contributed by atoms with Gasteiger partial charge in [-0.3, -0.25) is 14.9 Å². The second-order valence-electron chi connectivity index (χ2n) is 4.31. The van der Waals surface area contributed by atoms with E-state index in [1.165, 1.54) is 12.3 Å². The average Bonchev–Trinajstić information content (AvgIpc) is 2.43. The lowest BCUT2D eigenvalue weighted by molar-refractivity contribution is -0.385. The van der Waals surface area contributed by atoms with Gasteiger partial charge in [0.15, 0.2) is 6.29 Å². The Labute approximate surface area is 115 Å². The van der Waals surface area contributed by atoms with E-state index in [0.29, 0.717) is 34.6 Å². The van der Waals surface area contributed by atoms with Crippen LogP contribution >= 0.6 is 0 Å². The third kappa shape index (κ3) is 2.80. The Bertz CT molecular complexity index is 666. The molecule has 0 aliphatic rings. The smallest absolute Gasteiger partial charge is 0.272 e. The van der Waals surface area contributed by atoms with Gasteiger partial charge in [-0.15, -0.1) is 0 Å². The zero-order valence-corrected chi connectivity index (χ0v) is 11.0. The minimum absolute atomic E-state index is 0.0547. The molecule has 0 aliphatic carbocycles. The van der Waals surface area contributed by atoms with Crippen LogP contribution in [0.1, 0.15) is 21.5 Å². The van der Waals surface area contributed by atoms with Crippen LogP contribution in [0.5, 0.6) is 11.6 Å². The van der Waals surface area contributed by atoms with Crippen LogP contribution in [0.15, 0.2) is 30.5 Å². The van der Waals surface area contributed by atoms with Crippen molar-refractivity contribution in [2.75, 3.05) is 0 Å². The molecule has 0 radical (unpaired) electrons. The molecule has 0 N–H and O–H groups in total. The third-order valence-corrected chi connectivity index (χ3v) is 2.80. The third-order valence-electron chi connectivity index (χ3n) is 2.80. The molecule has 1 aromatic heterocycles. The molecule has 0 bridgehead atoms. The minimum Gasteiger partial charge on any atom is -0.439 e. The summed E-state index contributed by atoms with van der Waals surface area (Å²) in [4.78, 5) is 24.9. The highest BCUT2D eigenvalue weighted by Gasteiger charge is 2.14. The number of nitro groups is 1. The molecule has 20 heavy (non-hydrogen) atoms. The highest BCUT2D eigenvalue weighted by Crippen LogP contribution is 2.30. The van der Waals surface area contributed by atoms with E-state index in [4.69, 9.17) is 4.74 Å². The molecule has 0 unspecified atom stereocenters. The summed E-state index contributed by atoms with van der Waals surface area (Å²) in [5, 5.41) is 10.8. The number of benzene rings is 1. The van der Waals surface area contributed by atoms with Crippen LogP contribution in [0.4, 0.5) is 5.69 Å². The molecule has 2 rings (SSSR count). The summed E-state index contributed by atoms with van der Waals surface area (Å²) in [7, 11) is 0. The first kappa shape index (κ1) is 13.7. The van der Waals surface area contributed by atoms with Crippen molar-refractivity contribution in [1.82, 2.24) is 4.98 Å². The lowest BCUT2D eigenvalue weighted by atomic mass is 10.1. The molecule has 0 spiro atoms. The van der Waals surface area contributed by atoms with Crippen molar-refractivity contribution in [1.29, 1.82) is 0 Å². The summed E-state index contributed by atoms with van der Waals surface area (Å²) in [6.45, 7) is 3.37. The molecule has 0 amide bonds. The highest BCUT2D eigenvalue weighted by atomic mass is 16.6. The van der Waals surface area contributed by atoms with Crippen molar-refractivity contribution in [3.63, 3.8) is 0 Å². The van der Waals surface area contributed by atoms with Gasteiger partial charge in [-0.05, 0) is 31.5 Å². The number of pyridine rings is 1. The number of nitrogens with zero attached hydrogens (tertiary/aromatic N) is 2. The molecular formula is C14H12N2O4. The first-order valence-corrected chi connectivity index (χ1v) is 5.86. The number of hydrogen-bond donors (Lipinski definition) is 0. The van der Waals surface area contributed by atoms with E-state index in [-0.39, 0.29) is 5.69 Å². The van der Waals surface area contributed by atoms with Crippen molar-refractivity contribution in [2.24, 2.45) is 0 Å². The molecule has 6 nitrogen and oxygen atoms in total. The molecule has 2 aromatic rings. The molecule has 0 aliphatic heterocycles. The quantitative estimate of drug-likeness (QED) is 0.485. The molecule has 1 heterocycles. The molecule has 102 valence electrons. The van der Waals surface area contributed by atoms with E-state index >= 15 is 0 Å². The van der Waals surface area contributed by atoms with Gasteiger partial charge in [-0.1, -0.05) is 0 Å². The Hall–Kier alpha value is -2.76. The zero-order chi connectivity index (χ0) is 14.7. The molecule has 1 aromatic carbocycles. The monoisotopic (exact) mass is 272 g/mol. The fraction of sp³-hybridized carbons (Fsp3) is 0.143. The summed E-state index contributed by atoms with van der Waals surface area (Å²) in [6.07, 6.45) is 2.09. The summed E-state index contributed by atoms with van der Waals surface area (Å²) < 4.78 is 5.57. The largest absolute Gasteiger partial charge is 0.439 e. The topological polar surface area (TPSA) is 82.3 Å². The molecule has 6 heteroatoms. The van der Waals surface area contributed by atoms with Gasteiger partial charge in [0, 0.05) is 29.5 Å². The Kier molecular flexibility index (Phi) is 3.74. The number of nitro benzene ring substituents is 1. The van der Waals surface area contributed by atoms with Crippen LogP contribution in [0.3, 0.4) is 0 Å². The number of aldehydes is 1. The predicted molar refractivity (Wildman–Crippen MR) is 72.3 cm³/mol. The van der Waals surface area contributed by atoms with Crippen LogP contribution in [-0.4, -0.2) is 16.2 Å². The molecular weight excluding hydrogens is 260 g/mol. The fourth-order valence-electron chi connectivity index (χ4n) is 1.72. The van der Waals surface area contributed by atoms with E-state index < -0.39 is 4.92 Å². The van der Waals surface area contributed by atoms with Gasteiger partial charge in [-0.2, -0.15) is 0 Å². The second-order valence-corrected chi connectivity index (χ2v) is 4.31. The van der Waals surface area contributed by atoms with E-state index in [9.17, 15) is 14.9 Å². The maximum Gasteiger partial charge on any atom is 0.272 e. The fourth-order valence-corrected chi connectivity index (χ4v) is 1.72. The van der Waals surface area contributed by atoms with Crippen molar-refractivity contribution in [3.05, 3.63) is 57.3 Å². The van der Waals surface area contributed by atoms with Gasteiger partial charge in [0.2, 0.25) is 5.88 Å². The number of aromatic nitrogens is 1. The van der Waals surface area contributed by atoms with Crippen LogP contribution in [0, 0.1) is 24.0 Å². The van der Waals surface area contributed by atoms with Gasteiger partial charge >= 0.3 is 0 Å². The number of rotatable bonds is 4. The van der Waals surface area contributed by atoms with Crippen LogP contribution in [0.2, 0.25) is 0 Å². The zero-order valence-electron chi connectivity index (χ0n) is 11.0. The summed E-state index contributed by atoms with van der Waals surface area (Å²) >= 11 is 0. The Balaban J connectivity index is 2.31. The van der Waals surface area contributed by atoms with Crippen LogP contribution < -0.4 is 4.74 Å². The predicted octanol–water partition coefficient (Wildman–Crippen LogP) is 3.21. The molecule has 0 atom stereocenters. The second kappa shape index (κ2) is 5.48. The van der Waals surface area contributed by atoms with Gasteiger partial charge < -0.3 is 4.74 Å². The van der Waals surface area contributed by atoms with E-state index in [0.717, 1.165) is 0 Å². The standard InChI is InChI=1S/C14H12N2O4/c1-9-6-13(10(2)5-12(9)16(18)19)20-14-4-3-11(8-17)7-15-14/h3-8H,1-2H3. The van der Waals surface area contributed by atoms with Gasteiger partial charge in [0.25, 0.3) is 5.69 Å². The first-order chi connectivity index (χ1) is 9.51. The molecule has 0 saturated carbocycles. The van der Waals surface area contributed by atoms with Gasteiger partial charge in [0.1, 0.15) is 5.75 Å². The summed E-state index contributed by atoms with van der Waals surface area (Å²) in [6, 6.07) is 6.22. The first-order valence-electron chi connectivity index (χ1n) is 5.86. The Morgan fingerprint density at radius 2 is 2.00 bits per heavy atom. The normalized spacial score (nSPS) is 10.1. The Morgan fingerprint density at radius 1 is 1.25 bits per heavy atom. The SMILES string of the molecule is Cc1cc([N+](=O)[O-])c(C)cc1Oc1ccc(C=O)cn1. The van der Waals surface area contributed by atoms with Gasteiger partial charge in [0.05, 0.1) is 4.92 Å². The van der Waals surface area contributed by atoms with Crippen LogP contribution in [-0.2, 0) is 0 Å². The van der Waals surface area contributed by atoms with Gasteiger partial charge in [-0.25, -0.2) is 4.98 Å². The Morgan fingerprint density at radius 3 is 2.55 bits per heavy atom. The lowest BCUT2D eigenvalue weighted by Gasteiger charge is -2.09. The van der Waals surface area contributed by atoms with E-state index in [2.05, 4.69) is 4.98 Å². The van der Waals surface area contributed by atoms with Crippen molar-refractivity contribution >= 4 is 12.0 Å². The number of ether oxygens (including phenoxy) is 1. The molecule has 0 fully saturated rings. The number of aryl methyl sites for hydroxylation is 2. The number of hydrogen-bond acceptors (Lipinski definition) is 5. The van der Waals surface area contributed by atoms with Crippen molar-refractivity contribution < 1.29 is 14.5 Å². The number of carbonyl (C=O) groups is 1. The van der Waals surface area contributed by atoms with E-state index in [1.807, 2.05) is 0 Å². The van der Waals surface area contributed by atoms with Crippen molar-refractivity contribution in [2.45, 2.75) is 13.8 Å². The van der Waals surface area contributed by atoms with Crippen molar-refractivity contribution in [3.8, 4) is 11.6 Å². The highest BCUT2D eigenvalue weighted by molar-refractivity contribution is 5.74. The summed E-state index contributed by atoms with van der Waals surface area (Å²) in [5.41, 5.74) is 1.66. The maximum absolute atomic E-state index is 10.8. The lowest BCUT2D eigenvalue weighted by Crippen LogP contribution is -1.96. The summed E-state index contributed by atoms with van der Waals surface area (Å²) in [5.74, 6) is 0.825. The average molecular weight is 272 g/mol. The molecule has 0 saturated heterocycles. The van der Waals surface area contributed by atoms with E-state index in [1.54, 1.807) is 32.0 Å².